The largest absolute Gasteiger partial charge is 0.352 e. The molecule has 6 heteroatoms. The van der Waals surface area contributed by atoms with Gasteiger partial charge in [-0.2, -0.15) is 0 Å². The number of hydrogen-bond donors (Lipinski definition) is 2. The molecule has 0 unspecified atom stereocenters. The number of fused-ring (bicyclic) bond motifs is 2. The van der Waals surface area contributed by atoms with Crippen molar-refractivity contribution in [3.8, 4) is 0 Å². The van der Waals surface area contributed by atoms with Gasteiger partial charge in [0.1, 0.15) is 12.1 Å². The molecule has 0 aromatic heterocycles. The summed E-state index contributed by atoms with van der Waals surface area (Å²) in [6.45, 7) is 5.68. The Morgan fingerprint density at radius 2 is 2.00 bits per heavy atom. The van der Waals surface area contributed by atoms with E-state index in [4.69, 9.17) is 0 Å². The summed E-state index contributed by atoms with van der Waals surface area (Å²) in [5, 5.41) is 5.71. The highest BCUT2D eigenvalue weighted by Crippen LogP contribution is 2.39. The van der Waals surface area contributed by atoms with Gasteiger partial charge in [-0.3, -0.25) is 14.5 Å². The Balaban J connectivity index is 1.81. The third kappa shape index (κ3) is 3.01. The minimum atomic E-state index is -1.02. The number of hydrogen-bond acceptors (Lipinski definition) is 3. The number of imide groups is 1. The Hall–Kier alpha value is -2.37. The molecule has 6 nitrogen and oxygen atoms in total. The molecule has 2 atom stereocenters. The zero-order valence-electron chi connectivity index (χ0n) is 15.0. The van der Waals surface area contributed by atoms with Crippen LogP contribution in [-0.2, 0) is 21.5 Å². The van der Waals surface area contributed by atoms with Gasteiger partial charge in [0.05, 0.1) is 0 Å². The maximum Gasteiger partial charge on any atom is 0.325 e. The van der Waals surface area contributed by atoms with Crippen molar-refractivity contribution in [1.29, 1.82) is 0 Å². The van der Waals surface area contributed by atoms with Crippen molar-refractivity contribution in [3.05, 3.63) is 35.4 Å². The van der Waals surface area contributed by atoms with Gasteiger partial charge in [0.15, 0.2) is 0 Å². The van der Waals surface area contributed by atoms with Gasteiger partial charge in [0, 0.05) is 6.04 Å². The number of urea groups is 1. The molecule has 0 saturated carbocycles. The van der Waals surface area contributed by atoms with Crippen LogP contribution in [0.5, 0.6) is 0 Å². The zero-order chi connectivity index (χ0) is 18.2. The molecular formula is C19H25N3O3. The molecule has 134 valence electrons. The molecule has 3 rings (SSSR count). The van der Waals surface area contributed by atoms with Crippen LogP contribution in [0.3, 0.4) is 0 Å². The molecular weight excluding hydrogens is 318 g/mol. The van der Waals surface area contributed by atoms with Crippen LogP contribution in [0.2, 0.25) is 0 Å². The Morgan fingerprint density at radius 1 is 1.28 bits per heavy atom. The first-order valence-corrected chi connectivity index (χ1v) is 8.87. The molecule has 4 amide bonds. The van der Waals surface area contributed by atoms with Gasteiger partial charge >= 0.3 is 6.03 Å². The summed E-state index contributed by atoms with van der Waals surface area (Å²) < 4.78 is 0. The van der Waals surface area contributed by atoms with Gasteiger partial charge in [-0.1, -0.05) is 38.1 Å². The second-order valence-electron chi connectivity index (χ2n) is 7.34. The molecule has 1 aliphatic carbocycles. The molecule has 2 aliphatic rings. The predicted octanol–water partition coefficient (Wildman–Crippen LogP) is 1.93. The molecule has 1 saturated heterocycles. The topological polar surface area (TPSA) is 78.5 Å². The van der Waals surface area contributed by atoms with E-state index < -0.39 is 11.6 Å². The summed E-state index contributed by atoms with van der Waals surface area (Å²) in [5.74, 6) is -0.355. The summed E-state index contributed by atoms with van der Waals surface area (Å²) in [7, 11) is 0. The lowest BCUT2D eigenvalue weighted by Gasteiger charge is -2.33. The van der Waals surface area contributed by atoms with Gasteiger partial charge in [0.2, 0.25) is 5.91 Å². The van der Waals surface area contributed by atoms with E-state index in [1.54, 1.807) is 0 Å². The van der Waals surface area contributed by atoms with E-state index in [1.165, 1.54) is 0 Å². The van der Waals surface area contributed by atoms with Crippen LogP contribution in [0, 0.1) is 5.92 Å². The van der Waals surface area contributed by atoms with E-state index in [2.05, 4.69) is 10.6 Å². The third-order valence-corrected chi connectivity index (χ3v) is 5.34. The monoisotopic (exact) mass is 343 g/mol. The van der Waals surface area contributed by atoms with Crippen molar-refractivity contribution in [2.45, 2.75) is 51.6 Å². The predicted molar refractivity (Wildman–Crippen MR) is 93.7 cm³/mol. The van der Waals surface area contributed by atoms with Crippen molar-refractivity contribution in [2.24, 2.45) is 5.92 Å². The first kappa shape index (κ1) is 17.5. The fraction of sp³-hybridized carbons (Fsp3) is 0.526. The molecule has 1 fully saturated rings. The van der Waals surface area contributed by atoms with E-state index in [9.17, 15) is 14.4 Å². The number of aryl methyl sites for hydroxylation is 1. The van der Waals surface area contributed by atoms with Crippen LogP contribution in [-0.4, -0.2) is 35.3 Å². The fourth-order valence-electron chi connectivity index (χ4n) is 3.56. The van der Waals surface area contributed by atoms with Crippen molar-refractivity contribution in [1.82, 2.24) is 15.5 Å². The van der Waals surface area contributed by atoms with Crippen LogP contribution in [0.15, 0.2) is 24.3 Å². The number of nitrogens with one attached hydrogen (secondary N) is 2. The van der Waals surface area contributed by atoms with Crippen molar-refractivity contribution in [2.75, 3.05) is 6.54 Å². The second-order valence-corrected chi connectivity index (χ2v) is 7.34. The summed E-state index contributed by atoms with van der Waals surface area (Å²) in [5.41, 5.74) is 0.927. The van der Waals surface area contributed by atoms with Crippen LogP contribution < -0.4 is 10.6 Å². The van der Waals surface area contributed by atoms with Crippen molar-refractivity contribution < 1.29 is 14.4 Å². The van der Waals surface area contributed by atoms with Gasteiger partial charge < -0.3 is 10.6 Å². The van der Waals surface area contributed by atoms with Gasteiger partial charge in [-0.25, -0.2) is 4.79 Å². The number of nitrogens with zero attached hydrogens (tertiary/aromatic N) is 1. The van der Waals surface area contributed by atoms with Crippen molar-refractivity contribution >= 4 is 17.8 Å². The quantitative estimate of drug-likeness (QED) is 0.820. The normalized spacial score (nSPS) is 23.6. The Labute approximate surface area is 148 Å². The van der Waals surface area contributed by atoms with Gasteiger partial charge in [0.25, 0.3) is 5.91 Å². The smallest absolute Gasteiger partial charge is 0.325 e. The maximum atomic E-state index is 13.1. The van der Waals surface area contributed by atoms with Crippen LogP contribution in [0.4, 0.5) is 4.79 Å². The first-order chi connectivity index (χ1) is 11.8. The van der Waals surface area contributed by atoms with Crippen LogP contribution in [0.1, 0.15) is 44.7 Å². The standard InChI is InChI=1S/C19H25N3O3/c1-12(2)13(3)20-16(23)11-22-17(24)19(21-18(22)25)10-6-8-14-7-4-5-9-15(14)19/h4-5,7,9,12-13H,6,8,10-11H2,1-3H3,(H,20,23)(H,21,25)/t13-,19-/m0/s1. The van der Waals surface area contributed by atoms with Crippen molar-refractivity contribution in [3.63, 3.8) is 0 Å². The molecule has 1 heterocycles. The molecule has 25 heavy (non-hydrogen) atoms. The fourth-order valence-corrected chi connectivity index (χ4v) is 3.56. The molecule has 0 bridgehead atoms. The summed E-state index contributed by atoms with van der Waals surface area (Å²) in [6, 6.07) is 7.21. The number of rotatable bonds is 4. The van der Waals surface area contributed by atoms with Crippen LogP contribution in [0.25, 0.3) is 0 Å². The minimum Gasteiger partial charge on any atom is -0.352 e. The summed E-state index contributed by atoms with van der Waals surface area (Å²) in [6.07, 6.45) is 2.29. The van der Waals surface area contributed by atoms with E-state index in [1.807, 2.05) is 45.0 Å². The molecule has 2 N–H and O–H groups in total. The van der Waals surface area contributed by atoms with Gasteiger partial charge in [-0.15, -0.1) is 0 Å². The SMILES string of the molecule is CC(C)[C@H](C)NC(=O)CN1C(=O)N[C@]2(CCCc3ccccc32)C1=O. The summed E-state index contributed by atoms with van der Waals surface area (Å²) in [4.78, 5) is 38.8. The second kappa shape index (κ2) is 6.50. The van der Waals surface area contributed by atoms with Crippen LogP contribution >= 0.6 is 0 Å². The average molecular weight is 343 g/mol. The molecule has 1 aromatic carbocycles. The van der Waals surface area contributed by atoms with E-state index in [0.29, 0.717) is 6.42 Å². The molecule has 1 spiro atoms. The Kier molecular flexibility index (Phi) is 4.54. The lowest BCUT2D eigenvalue weighted by Crippen LogP contribution is -2.48. The lowest BCUT2D eigenvalue weighted by atomic mass is 9.76. The van der Waals surface area contributed by atoms with E-state index in [-0.39, 0.29) is 30.3 Å². The van der Waals surface area contributed by atoms with E-state index in [0.717, 1.165) is 28.9 Å². The molecule has 0 radical (unpaired) electrons. The highest BCUT2D eigenvalue weighted by Gasteiger charge is 2.54. The summed E-state index contributed by atoms with van der Waals surface area (Å²) >= 11 is 0. The minimum absolute atomic E-state index is 0.0161. The first-order valence-electron chi connectivity index (χ1n) is 8.87. The maximum absolute atomic E-state index is 13.1. The zero-order valence-corrected chi connectivity index (χ0v) is 15.0. The third-order valence-electron chi connectivity index (χ3n) is 5.34. The average Bonchev–Trinajstić information content (AvgIpc) is 2.80. The Morgan fingerprint density at radius 3 is 2.72 bits per heavy atom. The number of carbonyl (C=O) groups excluding carboxylic acids is 3. The number of benzene rings is 1. The Bertz CT molecular complexity index is 716. The highest BCUT2D eigenvalue weighted by molar-refractivity contribution is 6.09. The number of amides is 4. The molecule has 1 aliphatic heterocycles. The lowest BCUT2D eigenvalue weighted by molar-refractivity contribution is -0.135. The van der Waals surface area contributed by atoms with Gasteiger partial charge in [-0.05, 0) is 43.2 Å². The molecule has 1 aromatic rings. The number of carbonyl (C=O) groups is 3. The highest BCUT2D eigenvalue weighted by atomic mass is 16.2. The van der Waals surface area contributed by atoms with E-state index >= 15 is 0 Å².